The van der Waals surface area contributed by atoms with E-state index in [4.69, 9.17) is 4.74 Å². The van der Waals surface area contributed by atoms with Crippen molar-refractivity contribution >= 4 is 27.6 Å². The van der Waals surface area contributed by atoms with E-state index in [1.807, 2.05) is 7.05 Å². The molecule has 6 heteroatoms. The predicted molar refractivity (Wildman–Crippen MR) is 107 cm³/mol. The lowest BCUT2D eigenvalue weighted by molar-refractivity contribution is 0.0243. The second-order valence-electron chi connectivity index (χ2n) is 7.29. The first-order valence-electron chi connectivity index (χ1n) is 9.17. The van der Waals surface area contributed by atoms with Crippen molar-refractivity contribution in [1.29, 1.82) is 0 Å². The van der Waals surface area contributed by atoms with E-state index in [-0.39, 0.29) is 5.60 Å². The highest BCUT2D eigenvalue weighted by molar-refractivity contribution is 9.10. The Morgan fingerprint density at radius 2 is 2.32 bits per heavy atom. The number of halogens is 1. The number of ether oxygens (including phenoxy) is 1. The van der Waals surface area contributed by atoms with E-state index in [1.54, 1.807) is 0 Å². The van der Waals surface area contributed by atoms with Gasteiger partial charge in [-0.2, -0.15) is 0 Å². The van der Waals surface area contributed by atoms with Crippen LogP contribution in [0.25, 0.3) is 0 Å². The van der Waals surface area contributed by atoms with Gasteiger partial charge in [0.25, 0.3) is 0 Å². The minimum atomic E-state index is -0.0531. The minimum Gasteiger partial charge on any atom is -0.373 e. The van der Waals surface area contributed by atoms with E-state index in [0.717, 1.165) is 56.1 Å². The highest BCUT2D eigenvalue weighted by atomic mass is 79.9. The summed E-state index contributed by atoms with van der Waals surface area (Å²) in [6, 6.07) is 8.55. The number of benzene rings is 1. The van der Waals surface area contributed by atoms with Crippen LogP contribution in [0, 0.1) is 5.92 Å². The van der Waals surface area contributed by atoms with Gasteiger partial charge in [0, 0.05) is 50.0 Å². The first-order valence-corrected chi connectivity index (χ1v) is 9.96. The summed E-state index contributed by atoms with van der Waals surface area (Å²) in [5, 5.41) is 6.90. The Morgan fingerprint density at radius 1 is 1.44 bits per heavy atom. The fourth-order valence-corrected chi connectivity index (χ4v) is 4.00. The van der Waals surface area contributed by atoms with Crippen molar-refractivity contribution in [2.45, 2.75) is 31.8 Å². The summed E-state index contributed by atoms with van der Waals surface area (Å²) >= 11 is 3.56. The molecule has 2 atom stereocenters. The normalized spacial score (nSPS) is 26.9. The van der Waals surface area contributed by atoms with Crippen molar-refractivity contribution in [2.24, 2.45) is 10.9 Å². The van der Waals surface area contributed by atoms with Crippen molar-refractivity contribution in [3.8, 4) is 0 Å². The van der Waals surface area contributed by atoms with Crippen LogP contribution in [0.3, 0.4) is 0 Å². The van der Waals surface area contributed by atoms with Crippen LogP contribution < -0.4 is 15.5 Å². The molecule has 25 heavy (non-hydrogen) atoms. The molecule has 0 amide bonds. The molecule has 2 heterocycles. The molecule has 2 aliphatic rings. The molecule has 0 bridgehead atoms. The maximum absolute atomic E-state index is 5.83. The first-order chi connectivity index (χ1) is 12.1. The van der Waals surface area contributed by atoms with E-state index in [1.165, 1.54) is 12.1 Å². The topological polar surface area (TPSA) is 48.9 Å². The number of hydrogen-bond donors (Lipinski definition) is 2. The lowest BCUT2D eigenvalue weighted by atomic mass is 10.0. The van der Waals surface area contributed by atoms with E-state index < -0.39 is 0 Å². The number of anilines is 1. The van der Waals surface area contributed by atoms with E-state index in [2.05, 4.69) is 67.6 Å². The average molecular weight is 409 g/mol. The number of nitrogens with one attached hydrogen (secondary N) is 2. The first kappa shape index (κ1) is 18.5. The van der Waals surface area contributed by atoms with Crippen LogP contribution in [0.5, 0.6) is 0 Å². The van der Waals surface area contributed by atoms with Gasteiger partial charge in [0.15, 0.2) is 5.96 Å². The summed E-state index contributed by atoms with van der Waals surface area (Å²) in [7, 11) is 1.83. The Balaban J connectivity index is 1.43. The van der Waals surface area contributed by atoms with Gasteiger partial charge < -0.3 is 20.3 Å². The third-order valence-electron chi connectivity index (χ3n) is 5.17. The Labute approximate surface area is 159 Å². The quantitative estimate of drug-likeness (QED) is 0.580. The van der Waals surface area contributed by atoms with Crippen LogP contribution in [0.15, 0.2) is 33.7 Å². The van der Waals surface area contributed by atoms with Gasteiger partial charge in [0.1, 0.15) is 0 Å². The van der Waals surface area contributed by atoms with E-state index in [0.29, 0.717) is 5.92 Å². The number of nitrogens with zero attached hydrogens (tertiary/aromatic N) is 2. The largest absolute Gasteiger partial charge is 0.373 e. The molecule has 2 unspecified atom stereocenters. The van der Waals surface area contributed by atoms with Gasteiger partial charge in [-0.05, 0) is 50.3 Å². The average Bonchev–Trinajstić information content (AvgIpc) is 3.25. The zero-order valence-electron chi connectivity index (χ0n) is 15.2. The van der Waals surface area contributed by atoms with Gasteiger partial charge in [-0.25, -0.2) is 0 Å². The molecule has 3 rings (SSSR count). The smallest absolute Gasteiger partial charge is 0.191 e. The summed E-state index contributed by atoms with van der Waals surface area (Å²) in [6.07, 6.45) is 3.47. The second-order valence-corrected chi connectivity index (χ2v) is 8.20. The lowest BCUT2D eigenvalue weighted by Gasteiger charge is -2.25. The van der Waals surface area contributed by atoms with Crippen molar-refractivity contribution in [3.05, 3.63) is 28.7 Å². The summed E-state index contributed by atoms with van der Waals surface area (Å²) in [6.45, 7) is 7.00. The fourth-order valence-electron chi connectivity index (χ4n) is 3.62. The maximum atomic E-state index is 5.83. The highest BCUT2D eigenvalue weighted by Gasteiger charge is 2.30. The summed E-state index contributed by atoms with van der Waals surface area (Å²) < 4.78 is 6.97. The Hall–Kier alpha value is -1.27. The fraction of sp³-hybridized carbons (Fsp3) is 0.632. The van der Waals surface area contributed by atoms with Gasteiger partial charge in [0.2, 0.25) is 0 Å². The van der Waals surface area contributed by atoms with Gasteiger partial charge in [-0.1, -0.05) is 22.0 Å². The van der Waals surface area contributed by atoms with Gasteiger partial charge in [0.05, 0.1) is 5.60 Å². The summed E-state index contributed by atoms with van der Waals surface area (Å²) in [5.74, 6) is 1.51. The second kappa shape index (κ2) is 8.41. The van der Waals surface area contributed by atoms with Crippen LogP contribution in [0.1, 0.15) is 26.2 Å². The monoisotopic (exact) mass is 408 g/mol. The molecule has 0 radical (unpaired) electrons. The molecule has 5 nitrogen and oxygen atoms in total. The zero-order valence-corrected chi connectivity index (χ0v) is 16.8. The lowest BCUT2D eigenvalue weighted by Crippen LogP contribution is -2.46. The number of rotatable bonds is 5. The third kappa shape index (κ3) is 5.11. The maximum Gasteiger partial charge on any atom is 0.191 e. The van der Waals surface area contributed by atoms with Crippen LogP contribution in [-0.4, -0.2) is 51.4 Å². The Kier molecular flexibility index (Phi) is 6.23. The van der Waals surface area contributed by atoms with Crippen LogP contribution in [0.4, 0.5) is 5.69 Å². The molecule has 0 aliphatic carbocycles. The number of guanidine groups is 1. The molecule has 2 aliphatic heterocycles. The van der Waals surface area contributed by atoms with Gasteiger partial charge in [-0.3, -0.25) is 4.99 Å². The van der Waals surface area contributed by atoms with Crippen molar-refractivity contribution in [2.75, 3.05) is 44.7 Å². The Morgan fingerprint density at radius 3 is 3.04 bits per heavy atom. The minimum absolute atomic E-state index is 0.0531. The summed E-state index contributed by atoms with van der Waals surface area (Å²) in [4.78, 5) is 6.81. The molecular formula is C19H29BrN4O. The molecule has 138 valence electrons. The van der Waals surface area contributed by atoms with Crippen molar-refractivity contribution in [1.82, 2.24) is 10.6 Å². The van der Waals surface area contributed by atoms with Gasteiger partial charge >= 0.3 is 0 Å². The van der Waals surface area contributed by atoms with Crippen LogP contribution in [0.2, 0.25) is 0 Å². The third-order valence-corrected chi connectivity index (χ3v) is 5.66. The van der Waals surface area contributed by atoms with Crippen LogP contribution >= 0.6 is 15.9 Å². The summed E-state index contributed by atoms with van der Waals surface area (Å²) in [5.41, 5.74) is 1.24. The zero-order chi connectivity index (χ0) is 17.7. The van der Waals surface area contributed by atoms with Crippen LogP contribution in [-0.2, 0) is 4.74 Å². The number of aliphatic imine (C=N–C) groups is 1. The molecule has 0 spiro atoms. The van der Waals surface area contributed by atoms with E-state index in [9.17, 15) is 0 Å². The molecule has 2 saturated heterocycles. The van der Waals surface area contributed by atoms with E-state index >= 15 is 0 Å². The molecule has 1 aromatic rings. The standard InChI is InChI=1S/C19H29BrN4O/c1-19(8-4-10-25-19)14-23-18(21-2)22-12-15-7-9-24(13-15)17-6-3-5-16(20)11-17/h3,5-6,11,15H,4,7-10,12-14H2,1-2H3,(H2,21,22,23). The molecule has 2 N–H and O–H groups in total. The molecular weight excluding hydrogens is 380 g/mol. The highest BCUT2D eigenvalue weighted by Crippen LogP contribution is 2.26. The SMILES string of the molecule is CN=C(NCC1CCN(c2cccc(Br)c2)C1)NCC1(C)CCCO1. The van der Waals surface area contributed by atoms with Crippen molar-refractivity contribution in [3.63, 3.8) is 0 Å². The van der Waals surface area contributed by atoms with Crippen molar-refractivity contribution < 1.29 is 4.74 Å². The molecule has 1 aromatic carbocycles. The molecule has 0 saturated carbocycles. The molecule has 0 aromatic heterocycles. The number of hydrogen-bond acceptors (Lipinski definition) is 3. The predicted octanol–water partition coefficient (Wildman–Crippen LogP) is 3.01. The molecule has 2 fully saturated rings. The Bertz CT molecular complexity index is 601. The van der Waals surface area contributed by atoms with Gasteiger partial charge in [-0.15, -0.1) is 0 Å².